The van der Waals surface area contributed by atoms with Gasteiger partial charge in [0, 0.05) is 31.4 Å². The molecule has 0 aliphatic heterocycles. The van der Waals surface area contributed by atoms with Crippen molar-refractivity contribution < 1.29 is 0 Å². The van der Waals surface area contributed by atoms with E-state index in [0.717, 1.165) is 35.1 Å². The number of hydrogen-bond donors (Lipinski definition) is 1. The van der Waals surface area contributed by atoms with Gasteiger partial charge in [-0.15, -0.1) is 0 Å². The highest BCUT2D eigenvalue weighted by molar-refractivity contribution is 6.33. The summed E-state index contributed by atoms with van der Waals surface area (Å²) < 4.78 is 0. The Kier molecular flexibility index (Phi) is 5.85. The van der Waals surface area contributed by atoms with Crippen LogP contribution in [0.25, 0.3) is 0 Å². The molecule has 112 valence electrons. The molecule has 0 unspecified atom stereocenters. The summed E-state index contributed by atoms with van der Waals surface area (Å²) in [5.41, 5.74) is 2.13. The van der Waals surface area contributed by atoms with Gasteiger partial charge in [0.1, 0.15) is 5.82 Å². The van der Waals surface area contributed by atoms with Crippen LogP contribution in [0.3, 0.4) is 0 Å². The summed E-state index contributed by atoms with van der Waals surface area (Å²) in [4.78, 5) is 6.47. The Bertz CT molecular complexity index is 602. The van der Waals surface area contributed by atoms with E-state index in [4.69, 9.17) is 23.2 Å². The molecule has 1 aromatic heterocycles. The molecule has 1 heterocycles. The highest BCUT2D eigenvalue weighted by atomic mass is 35.5. The van der Waals surface area contributed by atoms with Crippen LogP contribution in [0.4, 0.5) is 5.82 Å². The molecule has 0 saturated carbocycles. The summed E-state index contributed by atoms with van der Waals surface area (Å²) in [6, 6.07) is 9.75. The first-order valence-electron chi connectivity index (χ1n) is 6.91. The molecule has 0 saturated heterocycles. The maximum absolute atomic E-state index is 6.34. The lowest BCUT2D eigenvalue weighted by Gasteiger charge is -2.20. The van der Waals surface area contributed by atoms with Gasteiger partial charge in [0.15, 0.2) is 0 Å². The maximum Gasteiger partial charge on any atom is 0.147 e. The first-order valence-corrected chi connectivity index (χ1v) is 7.67. The molecule has 1 N–H and O–H groups in total. The van der Waals surface area contributed by atoms with Gasteiger partial charge in [0.2, 0.25) is 0 Å². The molecular formula is C16H19Cl2N3. The van der Waals surface area contributed by atoms with Crippen LogP contribution < -0.4 is 10.2 Å². The minimum Gasteiger partial charge on any atom is -0.354 e. The van der Waals surface area contributed by atoms with Gasteiger partial charge in [-0.3, -0.25) is 0 Å². The lowest BCUT2D eigenvalue weighted by atomic mass is 10.2. The molecule has 0 amide bonds. The topological polar surface area (TPSA) is 28.2 Å². The molecule has 0 radical (unpaired) electrons. The third kappa shape index (κ3) is 4.34. The first-order chi connectivity index (χ1) is 10.1. The summed E-state index contributed by atoms with van der Waals surface area (Å²) in [5, 5.41) is 4.66. The summed E-state index contributed by atoms with van der Waals surface area (Å²) in [7, 11) is 1.96. The minimum atomic E-state index is 0.653. The fourth-order valence-corrected chi connectivity index (χ4v) is 2.60. The number of nitrogens with one attached hydrogen (secondary N) is 1. The molecule has 21 heavy (non-hydrogen) atoms. The van der Waals surface area contributed by atoms with Crippen LogP contribution in [-0.4, -0.2) is 18.6 Å². The van der Waals surface area contributed by atoms with Crippen LogP contribution >= 0.6 is 23.2 Å². The van der Waals surface area contributed by atoms with Crippen LogP contribution in [0.1, 0.15) is 18.1 Å². The molecular weight excluding hydrogens is 305 g/mol. The Hall–Kier alpha value is -1.29. The second kappa shape index (κ2) is 7.64. The van der Waals surface area contributed by atoms with Gasteiger partial charge in [-0.2, -0.15) is 0 Å². The van der Waals surface area contributed by atoms with E-state index in [1.54, 1.807) is 0 Å². The smallest absolute Gasteiger partial charge is 0.147 e. The lowest BCUT2D eigenvalue weighted by molar-refractivity contribution is 0.724. The first kappa shape index (κ1) is 16.1. The van der Waals surface area contributed by atoms with E-state index < -0.39 is 0 Å². The molecule has 1 aromatic carbocycles. The van der Waals surface area contributed by atoms with Gasteiger partial charge < -0.3 is 10.2 Å². The predicted molar refractivity (Wildman–Crippen MR) is 90.2 cm³/mol. The lowest BCUT2D eigenvalue weighted by Crippen LogP contribution is -2.19. The van der Waals surface area contributed by atoms with E-state index in [1.807, 2.05) is 48.5 Å². The Morgan fingerprint density at radius 1 is 1.19 bits per heavy atom. The standard InChI is InChI=1S/C16H19Cl2N3/c1-3-19-9-12-8-15(18)16(20-10-12)21(2)11-13-6-4-5-7-14(13)17/h4-8,10,19H,3,9,11H2,1-2H3. The normalized spacial score (nSPS) is 10.7. The highest BCUT2D eigenvalue weighted by Gasteiger charge is 2.10. The van der Waals surface area contributed by atoms with E-state index in [-0.39, 0.29) is 0 Å². The second-order valence-electron chi connectivity index (χ2n) is 4.88. The number of anilines is 1. The molecule has 3 nitrogen and oxygen atoms in total. The molecule has 0 aliphatic carbocycles. The Balaban J connectivity index is 2.12. The van der Waals surface area contributed by atoms with Crippen LogP contribution in [0.5, 0.6) is 0 Å². The largest absolute Gasteiger partial charge is 0.354 e. The average molecular weight is 324 g/mol. The van der Waals surface area contributed by atoms with Gasteiger partial charge >= 0.3 is 0 Å². The van der Waals surface area contributed by atoms with E-state index in [9.17, 15) is 0 Å². The Labute approximate surface area is 135 Å². The molecule has 5 heteroatoms. The summed E-state index contributed by atoms with van der Waals surface area (Å²) in [5.74, 6) is 0.761. The summed E-state index contributed by atoms with van der Waals surface area (Å²) in [6.07, 6.45) is 1.85. The molecule has 0 atom stereocenters. The summed E-state index contributed by atoms with van der Waals surface area (Å²) >= 11 is 12.5. The number of benzene rings is 1. The molecule has 0 spiro atoms. The number of aromatic nitrogens is 1. The molecule has 0 aliphatic rings. The quantitative estimate of drug-likeness (QED) is 0.866. The van der Waals surface area contributed by atoms with Gasteiger partial charge in [0.25, 0.3) is 0 Å². The van der Waals surface area contributed by atoms with Gasteiger partial charge in [0.05, 0.1) is 5.02 Å². The fraction of sp³-hybridized carbons (Fsp3) is 0.312. The van der Waals surface area contributed by atoms with Crippen molar-refractivity contribution >= 4 is 29.0 Å². The zero-order valence-corrected chi connectivity index (χ0v) is 13.7. The average Bonchev–Trinajstić information content (AvgIpc) is 2.47. The number of nitrogens with zero attached hydrogens (tertiary/aromatic N) is 2. The second-order valence-corrected chi connectivity index (χ2v) is 5.69. The number of pyridine rings is 1. The molecule has 2 rings (SSSR count). The SMILES string of the molecule is CCNCc1cnc(N(C)Cc2ccccc2Cl)c(Cl)c1. The van der Waals surface area contributed by atoms with Crippen LogP contribution in [0.15, 0.2) is 36.5 Å². The van der Waals surface area contributed by atoms with Gasteiger partial charge in [-0.05, 0) is 29.8 Å². The predicted octanol–water partition coefficient (Wildman–Crippen LogP) is 4.13. The van der Waals surface area contributed by atoms with E-state index in [1.165, 1.54) is 0 Å². The monoisotopic (exact) mass is 323 g/mol. The van der Waals surface area contributed by atoms with Gasteiger partial charge in [-0.25, -0.2) is 4.98 Å². The van der Waals surface area contributed by atoms with Crippen molar-refractivity contribution in [3.8, 4) is 0 Å². The van der Waals surface area contributed by atoms with E-state index >= 15 is 0 Å². The van der Waals surface area contributed by atoms with Crippen molar-refractivity contribution in [3.63, 3.8) is 0 Å². The van der Waals surface area contributed by atoms with Crippen molar-refractivity contribution in [1.82, 2.24) is 10.3 Å². The number of rotatable bonds is 6. The van der Waals surface area contributed by atoms with Gasteiger partial charge in [-0.1, -0.05) is 48.3 Å². The Morgan fingerprint density at radius 3 is 2.62 bits per heavy atom. The molecule has 0 fully saturated rings. The van der Waals surface area contributed by atoms with Crippen LogP contribution in [0, 0.1) is 0 Å². The molecule has 2 aromatic rings. The third-order valence-corrected chi connectivity index (χ3v) is 3.83. The zero-order valence-electron chi connectivity index (χ0n) is 12.2. The Morgan fingerprint density at radius 2 is 1.95 bits per heavy atom. The summed E-state index contributed by atoms with van der Waals surface area (Å²) in [6.45, 7) is 4.43. The number of hydrogen-bond acceptors (Lipinski definition) is 3. The van der Waals surface area contributed by atoms with Crippen LogP contribution in [0.2, 0.25) is 10.0 Å². The van der Waals surface area contributed by atoms with Crippen molar-refractivity contribution in [1.29, 1.82) is 0 Å². The highest BCUT2D eigenvalue weighted by Crippen LogP contribution is 2.26. The van der Waals surface area contributed by atoms with E-state index in [0.29, 0.717) is 11.6 Å². The van der Waals surface area contributed by atoms with Crippen LogP contribution in [-0.2, 0) is 13.1 Å². The minimum absolute atomic E-state index is 0.653. The maximum atomic E-state index is 6.34. The number of halogens is 2. The van der Waals surface area contributed by atoms with Crippen molar-refractivity contribution in [2.75, 3.05) is 18.5 Å². The third-order valence-electron chi connectivity index (χ3n) is 3.18. The molecule has 0 bridgehead atoms. The van der Waals surface area contributed by atoms with Crippen molar-refractivity contribution in [2.24, 2.45) is 0 Å². The van der Waals surface area contributed by atoms with Crippen molar-refractivity contribution in [2.45, 2.75) is 20.0 Å². The van der Waals surface area contributed by atoms with E-state index in [2.05, 4.69) is 17.2 Å². The van der Waals surface area contributed by atoms with Crippen molar-refractivity contribution in [3.05, 3.63) is 57.7 Å². The fourth-order valence-electron chi connectivity index (χ4n) is 2.07. The zero-order chi connectivity index (χ0) is 15.2.